The van der Waals surface area contributed by atoms with Gasteiger partial charge in [-0.3, -0.25) is 0 Å². The second-order valence-electron chi connectivity index (χ2n) is 4.07. The van der Waals surface area contributed by atoms with E-state index in [9.17, 15) is 4.79 Å². The Kier molecular flexibility index (Phi) is 4.68. The molecular formula is C13H14Cl2O4. The molecule has 1 fully saturated rings. The molecule has 1 aromatic carbocycles. The first-order valence-electron chi connectivity index (χ1n) is 5.96. The second-order valence-corrected chi connectivity index (χ2v) is 4.88. The summed E-state index contributed by atoms with van der Waals surface area (Å²) in [5.41, 5.74) is 0.549. The van der Waals surface area contributed by atoms with Gasteiger partial charge in [-0.15, -0.1) is 0 Å². The highest BCUT2D eigenvalue weighted by atomic mass is 35.5. The van der Waals surface area contributed by atoms with E-state index in [1.807, 2.05) is 0 Å². The summed E-state index contributed by atoms with van der Waals surface area (Å²) in [4.78, 5) is 11.9. The van der Waals surface area contributed by atoms with E-state index in [1.54, 1.807) is 32.0 Å². The molecule has 0 radical (unpaired) electrons. The zero-order chi connectivity index (χ0) is 14.0. The summed E-state index contributed by atoms with van der Waals surface area (Å²) >= 11 is 12.3. The maximum atomic E-state index is 11.9. The normalized spacial score (nSPS) is 26.4. The number of esters is 1. The molecule has 1 aliphatic heterocycles. The van der Waals surface area contributed by atoms with Crippen LogP contribution in [0.3, 0.4) is 0 Å². The molecule has 0 amide bonds. The van der Waals surface area contributed by atoms with Gasteiger partial charge in [-0.1, -0.05) is 29.3 Å². The minimum atomic E-state index is -0.854. The van der Waals surface area contributed by atoms with Gasteiger partial charge in [0.15, 0.2) is 12.4 Å². The lowest BCUT2D eigenvalue weighted by molar-refractivity contribution is -0.156. The molecule has 0 aromatic heterocycles. The molecule has 0 spiro atoms. The van der Waals surface area contributed by atoms with E-state index in [1.165, 1.54) is 0 Å². The molecule has 6 heteroatoms. The van der Waals surface area contributed by atoms with Gasteiger partial charge in [0.1, 0.15) is 6.10 Å². The Morgan fingerprint density at radius 1 is 1.32 bits per heavy atom. The fraction of sp³-hybridized carbons (Fsp3) is 0.462. The summed E-state index contributed by atoms with van der Waals surface area (Å²) in [5.74, 6) is -0.479. The Morgan fingerprint density at radius 3 is 2.53 bits per heavy atom. The minimum absolute atomic E-state index is 0.274. The third kappa shape index (κ3) is 3.03. The van der Waals surface area contributed by atoms with Crippen molar-refractivity contribution in [2.45, 2.75) is 32.3 Å². The average Bonchev–Trinajstić information content (AvgIpc) is 2.71. The Balaban J connectivity index is 2.33. The predicted molar refractivity (Wildman–Crippen MR) is 71.3 cm³/mol. The molecule has 4 nitrogen and oxygen atoms in total. The SMILES string of the molecule is CCOC(=O)[C@@H]1O[C@H](C)O[C@@H]1c1c(Cl)cccc1Cl. The second kappa shape index (κ2) is 6.09. The highest BCUT2D eigenvalue weighted by Gasteiger charge is 2.42. The fourth-order valence-corrected chi connectivity index (χ4v) is 2.61. The lowest BCUT2D eigenvalue weighted by Gasteiger charge is -2.18. The van der Waals surface area contributed by atoms with Gasteiger partial charge in [0.05, 0.1) is 6.61 Å². The molecule has 1 aromatic rings. The summed E-state index contributed by atoms with van der Waals surface area (Å²) in [6, 6.07) is 5.11. The van der Waals surface area contributed by atoms with Gasteiger partial charge in [0, 0.05) is 15.6 Å². The number of rotatable bonds is 3. The first-order valence-corrected chi connectivity index (χ1v) is 6.71. The van der Waals surface area contributed by atoms with Crippen LogP contribution in [0.25, 0.3) is 0 Å². The number of hydrogen-bond donors (Lipinski definition) is 0. The van der Waals surface area contributed by atoms with E-state index in [-0.39, 0.29) is 6.61 Å². The van der Waals surface area contributed by atoms with Crippen LogP contribution in [0.2, 0.25) is 10.0 Å². The zero-order valence-corrected chi connectivity index (χ0v) is 12.1. The van der Waals surface area contributed by atoms with Crippen molar-refractivity contribution in [2.75, 3.05) is 6.61 Å². The summed E-state index contributed by atoms with van der Waals surface area (Å²) in [7, 11) is 0. The third-order valence-electron chi connectivity index (χ3n) is 2.75. The van der Waals surface area contributed by atoms with Gasteiger partial charge in [0.2, 0.25) is 0 Å². The maximum Gasteiger partial charge on any atom is 0.338 e. The Morgan fingerprint density at radius 2 is 1.95 bits per heavy atom. The van der Waals surface area contributed by atoms with Gasteiger partial charge in [-0.25, -0.2) is 4.79 Å². The highest BCUT2D eigenvalue weighted by Crippen LogP contribution is 2.40. The summed E-state index contributed by atoms with van der Waals surface area (Å²) in [6.07, 6.45) is -2.03. The van der Waals surface area contributed by atoms with Gasteiger partial charge >= 0.3 is 5.97 Å². The minimum Gasteiger partial charge on any atom is -0.464 e. The molecule has 1 saturated heterocycles. The smallest absolute Gasteiger partial charge is 0.338 e. The van der Waals surface area contributed by atoms with Crippen LogP contribution in [0.5, 0.6) is 0 Å². The first-order chi connectivity index (χ1) is 9.04. The van der Waals surface area contributed by atoms with E-state index in [0.29, 0.717) is 15.6 Å². The lowest BCUT2D eigenvalue weighted by atomic mass is 10.0. The van der Waals surface area contributed by atoms with Crippen LogP contribution >= 0.6 is 23.2 Å². The molecule has 1 heterocycles. The van der Waals surface area contributed by atoms with Crippen molar-refractivity contribution in [3.8, 4) is 0 Å². The Hall–Kier alpha value is -0.810. The summed E-state index contributed by atoms with van der Waals surface area (Å²) in [5, 5.41) is 0.869. The van der Waals surface area contributed by atoms with Crippen LogP contribution in [0, 0.1) is 0 Å². The number of halogens is 2. The molecule has 0 N–H and O–H groups in total. The van der Waals surface area contributed by atoms with Gasteiger partial charge < -0.3 is 14.2 Å². The van der Waals surface area contributed by atoms with Crippen LogP contribution in [-0.4, -0.2) is 25.0 Å². The summed E-state index contributed by atoms with van der Waals surface area (Å²) in [6.45, 7) is 3.71. The number of ether oxygens (including phenoxy) is 3. The Bertz CT molecular complexity index is 457. The number of hydrogen-bond acceptors (Lipinski definition) is 4. The molecule has 0 aliphatic carbocycles. The monoisotopic (exact) mass is 304 g/mol. The van der Waals surface area contributed by atoms with E-state index < -0.39 is 24.5 Å². The summed E-state index contributed by atoms with van der Waals surface area (Å²) < 4.78 is 16.0. The molecule has 1 aliphatic rings. The number of carbonyl (C=O) groups excluding carboxylic acids is 1. The quantitative estimate of drug-likeness (QED) is 0.803. The van der Waals surface area contributed by atoms with Crippen molar-refractivity contribution in [3.05, 3.63) is 33.8 Å². The van der Waals surface area contributed by atoms with Gasteiger partial charge in [0.25, 0.3) is 0 Å². The number of carbonyl (C=O) groups is 1. The lowest BCUT2D eigenvalue weighted by Crippen LogP contribution is -2.28. The van der Waals surface area contributed by atoms with Crippen LogP contribution in [0.4, 0.5) is 0 Å². The van der Waals surface area contributed by atoms with Crippen LogP contribution in [0.1, 0.15) is 25.5 Å². The topological polar surface area (TPSA) is 44.8 Å². The molecular weight excluding hydrogens is 291 g/mol. The largest absolute Gasteiger partial charge is 0.464 e. The van der Waals surface area contributed by atoms with Crippen LogP contribution in [-0.2, 0) is 19.0 Å². The third-order valence-corrected chi connectivity index (χ3v) is 3.41. The van der Waals surface area contributed by atoms with Crippen molar-refractivity contribution in [1.29, 1.82) is 0 Å². The number of benzene rings is 1. The first kappa shape index (κ1) is 14.6. The molecule has 3 atom stereocenters. The average molecular weight is 305 g/mol. The van der Waals surface area contributed by atoms with Crippen LogP contribution < -0.4 is 0 Å². The van der Waals surface area contributed by atoms with E-state index in [0.717, 1.165) is 0 Å². The van der Waals surface area contributed by atoms with Crippen molar-refractivity contribution < 1.29 is 19.0 Å². The van der Waals surface area contributed by atoms with E-state index in [4.69, 9.17) is 37.4 Å². The standard InChI is InChI=1S/C13H14Cl2O4/c1-3-17-13(16)12-11(18-7(2)19-12)10-8(14)5-4-6-9(10)15/h4-7,11-12H,3H2,1-2H3/t7-,11-,12-/m1/s1. The van der Waals surface area contributed by atoms with Crippen molar-refractivity contribution in [2.24, 2.45) is 0 Å². The van der Waals surface area contributed by atoms with Crippen LogP contribution in [0.15, 0.2) is 18.2 Å². The van der Waals surface area contributed by atoms with Gasteiger partial charge in [-0.2, -0.15) is 0 Å². The van der Waals surface area contributed by atoms with E-state index >= 15 is 0 Å². The van der Waals surface area contributed by atoms with Gasteiger partial charge in [-0.05, 0) is 26.0 Å². The zero-order valence-electron chi connectivity index (χ0n) is 10.6. The Labute approximate surface area is 121 Å². The van der Waals surface area contributed by atoms with Crippen molar-refractivity contribution in [3.63, 3.8) is 0 Å². The molecule has 19 heavy (non-hydrogen) atoms. The molecule has 2 rings (SSSR count). The fourth-order valence-electron chi connectivity index (χ4n) is 1.99. The predicted octanol–water partition coefficient (Wildman–Crippen LogP) is 3.36. The maximum absolute atomic E-state index is 11.9. The molecule has 0 bridgehead atoms. The van der Waals surface area contributed by atoms with Crippen molar-refractivity contribution >= 4 is 29.2 Å². The molecule has 104 valence electrons. The van der Waals surface area contributed by atoms with Crippen molar-refractivity contribution in [1.82, 2.24) is 0 Å². The molecule has 0 saturated carbocycles. The van der Waals surface area contributed by atoms with E-state index in [2.05, 4.69) is 0 Å². The molecule has 0 unspecified atom stereocenters. The highest BCUT2D eigenvalue weighted by molar-refractivity contribution is 6.36.